The molecule has 1 heterocycles. The highest BCUT2D eigenvalue weighted by atomic mass is 16.2. The summed E-state index contributed by atoms with van der Waals surface area (Å²) in [6, 6.07) is 5.64. The molecule has 0 fully saturated rings. The van der Waals surface area contributed by atoms with Gasteiger partial charge in [-0.2, -0.15) is 0 Å². The molecule has 0 radical (unpaired) electrons. The van der Waals surface area contributed by atoms with Crippen molar-refractivity contribution in [2.24, 2.45) is 0 Å². The Morgan fingerprint density at radius 2 is 2.18 bits per heavy atom. The number of carbonyl (C=O) groups is 2. The molecule has 90 valence electrons. The van der Waals surface area contributed by atoms with Gasteiger partial charge in [0.2, 0.25) is 5.91 Å². The summed E-state index contributed by atoms with van der Waals surface area (Å²) in [5.74, 6) is 0.455. The van der Waals surface area contributed by atoms with Crippen molar-refractivity contribution in [1.82, 2.24) is 0 Å². The van der Waals surface area contributed by atoms with Gasteiger partial charge in [-0.1, -0.05) is 19.1 Å². The lowest BCUT2D eigenvalue weighted by molar-refractivity contribution is -0.119. The third-order valence-electron chi connectivity index (χ3n) is 3.45. The van der Waals surface area contributed by atoms with Crippen molar-refractivity contribution in [2.75, 3.05) is 11.4 Å². The van der Waals surface area contributed by atoms with Crippen LogP contribution in [0.4, 0.5) is 5.69 Å². The Labute approximate surface area is 101 Å². The van der Waals surface area contributed by atoms with Crippen molar-refractivity contribution in [1.29, 1.82) is 0 Å². The molecule has 0 N–H and O–H groups in total. The van der Waals surface area contributed by atoms with Crippen LogP contribution in [0.5, 0.6) is 0 Å². The smallest absolute Gasteiger partial charge is 0.227 e. The van der Waals surface area contributed by atoms with E-state index in [0.29, 0.717) is 24.4 Å². The molecule has 1 aliphatic heterocycles. The lowest BCUT2D eigenvalue weighted by Crippen LogP contribution is -2.36. The lowest BCUT2D eigenvalue weighted by atomic mass is 9.87. The van der Waals surface area contributed by atoms with Gasteiger partial charge in [0.05, 0.1) is 0 Å². The molecule has 1 unspecified atom stereocenters. The number of hydrogen-bond donors (Lipinski definition) is 0. The third-order valence-corrected chi connectivity index (χ3v) is 3.45. The Balaban J connectivity index is 2.54. The molecule has 17 heavy (non-hydrogen) atoms. The first-order valence-corrected chi connectivity index (χ1v) is 6.10. The molecule has 1 aliphatic rings. The van der Waals surface area contributed by atoms with Gasteiger partial charge in [0, 0.05) is 24.2 Å². The van der Waals surface area contributed by atoms with E-state index in [1.54, 1.807) is 4.90 Å². The van der Waals surface area contributed by atoms with E-state index in [0.717, 1.165) is 18.4 Å². The average Bonchev–Trinajstić information content (AvgIpc) is 2.37. The van der Waals surface area contributed by atoms with Gasteiger partial charge in [0.1, 0.15) is 6.29 Å². The first kappa shape index (κ1) is 11.8. The number of carbonyl (C=O) groups excluding carboxylic acids is 2. The van der Waals surface area contributed by atoms with E-state index in [9.17, 15) is 9.59 Å². The Hall–Kier alpha value is -1.64. The van der Waals surface area contributed by atoms with E-state index in [4.69, 9.17) is 0 Å². The molecule has 2 rings (SSSR count). The normalized spacial score (nSPS) is 19.1. The summed E-state index contributed by atoms with van der Waals surface area (Å²) in [4.78, 5) is 24.6. The van der Waals surface area contributed by atoms with Gasteiger partial charge in [-0.05, 0) is 30.9 Å². The van der Waals surface area contributed by atoms with Crippen molar-refractivity contribution < 1.29 is 9.59 Å². The number of fused-ring (bicyclic) bond motifs is 1. The van der Waals surface area contributed by atoms with Crippen LogP contribution < -0.4 is 4.90 Å². The van der Waals surface area contributed by atoms with Crippen LogP contribution in [-0.4, -0.2) is 18.7 Å². The number of benzene rings is 1. The topological polar surface area (TPSA) is 37.4 Å². The number of aldehydes is 1. The molecule has 1 atom stereocenters. The number of rotatable bonds is 3. The molecular formula is C14H17NO2. The van der Waals surface area contributed by atoms with Gasteiger partial charge in [-0.3, -0.25) is 9.59 Å². The van der Waals surface area contributed by atoms with E-state index in [1.165, 1.54) is 5.56 Å². The van der Waals surface area contributed by atoms with Crippen LogP contribution in [-0.2, 0) is 4.79 Å². The van der Waals surface area contributed by atoms with Gasteiger partial charge in [-0.25, -0.2) is 0 Å². The molecule has 0 saturated heterocycles. The zero-order valence-electron chi connectivity index (χ0n) is 10.3. The first-order valence-electron chi connectivity index (χ1n) is 6.10. The standard InChI is InChI=1S/C14H17NO2/c1-3-11-8-14(17)15(4-2)13-7-10(9-16)5-6-12(11)13/h5-7,9,11H,3-4,8H2,1-2H3. The van der Waals surface area contributed by atoms with Gasteiger partial charge >= 0.3 is 0 Å². The minimum Gasteiger partial charge on any atom is -0.312 e. The van der Waals surface area contributed by atoms with Crippen LogP contribution in [0, 0.1) is 0 Å². The summed E-state index contributed by atoms with van der Waals surface area (Å²) in [5.41, 5.74) is 2.74. The first-order chi connectivity index (χ1) is 8.21. The van der Waals surface area contributed by atoms with Gasteiger partial charge < -0.3 is 4.90 Å². The summed E-state index contributed by atoms with van der Waals surface area (Å²) in [6.07, 6.45) is 2.36. The summed E-state index contributed by atoms with van der Waals surface area (Å²) < 4.78 is 0. The highest BCUT2D eigenvalue weighted by Gasteiger charge is 2.29. The number of anilines is 1. The fraction of sp³-hybridized carbons (Fsp3) is 0.429. The second-order valence-electron chi connectivity index (χ2n) is 4.38. The maximum absolute atomic E-state index is 12.0. The molecule has 3 heteroatoms. The molecule has 1 amide bonds. The maximum Gasteiger partial charge on any atom is 0.227 e. The van der Waals surface area contributed by atoms with E-state index in [2.05, 4.69) is 6.92 Å². The number of nitrogens with zero attached hydrogens (tertiary/aromatic N) is 1. The van der Waals surface area contributed by atoms with E-state index in [1.807, 2.05) is 25.1 Å². The van der Waals surface area contributed by atoms with Crippen molar-refractivity contribution in [3.8, 4) is 0 Å². The molecule has 3 nitrogen and oxygen atoms in total. The van der Waals surface area contributed by atoms with Crippen LogP contribution >= 0.6 is 0 Å². The monoisotopic (exact) mass is 231 g/mol. The predicted octanol–water partition coefficient (Wildman–Crippen LogP) is 2.75. The van der Waals surface area contributed by atoms with Crippen molar-refractivity contribution in [3.63, 3.8) is 0 Å². The lowest BCUT2D eigenvalue weighted by Gasteiger charge is -2.33. The predicted molar refractivity (Wildman–Crippen MR) is 67.5 cm³/mol. The highest BCUT2D eigenvalue weighted by molar-refractivity contribution is 5.98. The minimum atomic E-state index is 0.162. The van der Waals surface area contributed by atoms with Crippen LogP contribution in [0.15, 0.2) is 18.2 Å². The molecule has 1 aromatic rings. The zero-order chi connectivity index (χ0) is 12.4. The van der Waals surface area contributed by atoms with Gasteiger partial charge in [0.25, 0.3) is 0 Å². The van der Waals surface area contributed by atoms with E-state index < -0.39 is 0 Å². The summed E-state index contributed by atoms with van der Waals surface area (Å²) >= 11 is 0. The van der Waals surface area contributed by atoms with Gasteiger partial charge in [0.15, 0.2) is 0 Å². The van der Waals surface area contributed by atoms with Gasteiger partial charge in [-0.15, -0.1) is 0 Å². The van der Waals surface area contributed by atoms with Crippen molar-refractivity contribution >= 4 is 17.9 Å². The number of hydrogen-bond acceptors (Lipinski definition) is 2. The quantitative estimate of drug-likeness (QED) is 0.750. The summed E-state index contributed by atoms with van der Waals surface area (Å²) in [7, 11) is 0. The van der Waals surface area contributed by atoms with Crippen molar-refractivity contribution in [3.05, 3.63) is 29.3 Å². The van der Waals surface area contributed by atoms with E-state index in [-0.39, 0.29) is 5.91 Å². The largest absolute Gasteiger partial charge is 0.312 e. The number of amides is 1. The molecule has 0 aliphatic carbocycles. The zero-order valence-corrected chi connectivity index (χ0v) is 10.3. The Morgan fingerprint density at radius 1 is 1.41 bits per heavy atom. The minimum absolute atomic E-state index is 0.162. The Morgan fingerprint density at radius 3 is 2.76 bits per heavy atom. The summed E-state index contributed by atoms with van der Waals surface area (Å²) in [6.45, 7) is 4.71. The second kappa shape index (κ2) is 4.70. The molecule has 0 aromatic heterocycles. The second-order valence-corrected chi connectivity index (χ2v) is 4.38. The Bertz CT molecular complexity index is 454. The summed E-state index contributed by atoms with van der Waals surface area (Å²) in [5, 5.41) is 0. The molecule has 0 bridgehead atoms. The van der Waals surface area contributed by atoms with Crippen LogP contribution in [0.1, 0.15) is 48.5 Å². The van der Waals surface area contributed by atoms with Crippen molar-refractivity contribution in [2.45, 2.75) is 32.6 Å². The molecular weight excluding hydrogens is 214 g/mol. The fourth-order valence-electron chi connectivity index (χ4n) is 2.49. The SMILES string of the molecule is CCC1CC(=O)N(CC)c2cc(C=O)ccc21. The van der Waals surface area contributed by atoms with Crippen LogP contribution in [0.25, 0.3) is 0 Å². The van der Waals surface area contributed by atoms with Crippen LogP contribution in [0.2, 0.25) is 0 Å². The van der Waals surface area contributed by atoms with Crippen LogP contribution in [0.3, 0.4) is 0 Å². The van der Waals surface area contributed by atoms with E-state index >= 15 is 0 Å². The Kier molecular flexibility index (Phi) is 3.27. The molecule has 0 saturated carbocycles. The third kappa shape index (κ3) is 1.97. The molecule has 0 spiro atoms. The average molecular weight is 231 g/mol. The molecule has 1 aromatic carbocycles. The highest BCUT2D eigenvalue weighted by Crippen LogP contribution is 2.37. The maximum atomic E-state index is 12.0. The fourth-order valence-corrected chi connectivity index (χ4v) is 2.49.